The molecule has 0 saturated carbocycles. The second-order valence-corrected chi connectivity index (χ2v) is 3.62. The Labute approximate surface area is 97.6 Å². The van der Waals surface area contributed by atoms with Crippen molar-refractivity contribution in [3.8, 4) is 0 Å². The van der Waals surface area contributed by atoms with E-state index in [1.807, 2.05) is 0 Å². The molecule has 17 heavy (non-hydrogen) atoms. The Morgan fingerprint density at radius 3 is 2.29 bits per heavy atom. The maximum atomic E-state index is 11.4. The third kappa shape index (κ3) is 4.10. The predicted molar refractivity (Wildman–Crippen MR) is 58.2 cm³/mol. The molecule has 1 amide bonds. The lowest BCUT2D eigenvalue weighted by atomic mass is 9.95. The molecule has 0 aromatic rings. The van der Waals surface area contributed by atoms with Gasteiger partial charge in [-0.3, -0.25) is 14.4 Å². The van der Waals surface area contributed by atoms with Gasteiger partial charge in [-0.05, 0) is 0 Å². The fraction of sp³-hybridized carbons (Fsp3) is 0.364. The molecule has 1 rings (SSSR count). The molecule has 0 aliphatic heterocycles. The highest BCUT2D eigenvalue weighted by Crippen LogP contribution is 2.13. The van der Waals surface area contributed by atoms with Crippen LogP contribution in [-0.4, -0.2) is 34.1 Å². The number of nitrogens with one attached hydrogen (secondary N) is 1. The summed E-state index contributed by atoms with van der Waals surface area (Å²) in [6, 6.07) is -0.626. The van der Waals surface area contributed by atoms with E-state index in [0.29, 0.717) is 0 Å². The number of amides is 1. The second-order valence-electron chi connectivity index (χ2n) is 3.62. The van der Waals surface area contributed by atoms with Crippen LogP contribution in [0.1, 0.15) is 12.8 Å². The van der Waals surface area contributed by atoms with Gasteiger partial charge in [0.25, 0.3) is 0 Å². The minimum atomic E-state index is -1.06. The molecule has 0 saturated heterocycles. The third-order valence-electron chi connectivity index (χ3n) is 2.31. The fourth-order valence-corrected chi connectivity index (χ4v) is 1.46. The lowest BCUT2D eigenvalue weighted by molar-refractivity contribution is -0.141. The van der Waals surface area contributed by atoms with Crippen LogP contribution in [0.2, 0.25) is 0 Å². The summed E-state index contributed by atoms with van der Waals surface area (Å²) in [5.41, 5.74) is 0. The molecule has 1 aliphatic carbocycles. The van der Waals surface area contributed by atoms with Crippen molar-refractivity contribution < 1.29 is 24.6 Å². The van der Waals surface area contributed by atoms with E-state index in [4.69, 9.17) is 10.2 Å². The van der Waals surface area contributed by atoms with Crippen LogP contribution in [0.3, 0.4) is 0 Å². The van der Waals surface area contributed by atoms with Crippen molar-refractivity contribution in [2.75, 3.05) is 0 Å². The number of carboxylic acid groups (broad SMARTS) is 2. The smallest absolute Gasteiger partial charge is 0.312 e. The summed E-state index contributed by atoms with van der Waals surface area (Å²) >= 11 is 0. The third-order valence-corrected chi connectivity index (χ3v) is 2.31. The Bertz CT molecular complexity index is 385. The van der Waals surface area contributed by atoms with Gasteiger partial charge in [-0.25, -0.2) is 0 Å². The number of carbonyl (C=O) groups is 3. The van der Waals surface area contributed by atoms with Crippen LogP contribution in [0.5, 0.6) is 0 Å². The zero-order valence-electron chi connectivity index (χ0n) is 9.00. The molecule has 2 unspecified atom stereocenters. The lowest BCUT2D eigenvalue weighted by Crippen LogP contribution is -2.42. The zero-order valence-corrected chi connectivity index (χ0v) is 9.00. The molecule has 0 spiro atoms. The highest BCUT2D eigenvalue weighted by molar-refractivity contribution is 5.82. The Morgan fingerprint density at radius 2 is 1.71 bits per heavy atom. The van der Waals surface area contributed by atoms with E-state index < -0.39 is 29.8 Å². The van der Waals surface area contributed by atoms with Gasteiger partial charge in [-0.1, -0.05) is 24.3 Å². The average molecular weight is 239 g/mol. The van der Waals surface area contributed by atoms with Crippen molar-refractivity contribution >= 4 is 17.8 Å². The normalized spacial score (nSPS) is 22.1. The summed E-state index contributed by atoms with van der Waals surface area (Å²) in [6.45, 7) is 0. The number of carboxylic acids is 2. The second kappa shape index (κ2) is 5.83. The van der Waals surface area contributed by atoms with Gasteiger partial charge in [-0.15, -0.1) is 0 Å². The van der Waals surface area contributed by atoms with E-state index in [0.717, 1.165) is 0 Å². The SMILES string of the molecule is O=C(O)CCC(=O)NC1C=CC=CC1C(=O)O. The van der Waals surface area contributed by atoms with Crippen molar-refractivity contribution in [3.63, 3.8) is 0 Å². The molecule has 92 valence electrons. The summed E-state index contributed by atoms with van der Waals surface area (Å²) in [6.07, 6.45) is 5.85. The molecule has 0 radical (unpaired) electrons. The summed E-state index contributed by atoms with van der Waals surface area (Å²) < 4.78 is 0. The number of allylic oxidation sites excluding steroid dienone is 2. The quantitative estimate of drug-likeness (QED) is 0.634. The Balaban J connectivity index is 2.52. The average Bonchev–Trinajstić information content (AvgIpc) is 2.27. The van der Waals surface area contributed by atoms with Crippen molar-refractivity contribution in [2.24, 2.45) is 5.92 Å². The van der Waals surface area contributed by atoms with Crippen LogP contribution in [0.15, 0.2) is 24.3 Å². The van der Waals surface area contributed by atoms with Crippen LogP contribution < -0.4 is 5.32 Å². The first-order valence-corrected chi connectivity index (χ1v) is 5.09. The number of aliphatic carboxylic acids is 2. The van der Waals surface area contributed by atoms with Crippen LogP contribution in [-0.2, 0) is 14.4 Å². The Kier molecular flexibility index (Phi) is 4.45. The van der Waals surface area contributed by atoms with Crippen LogP contribution in [0.4, 0.5) is 0 Å². The molecule has 3 N–H and O–H groups in total. The first-order valence-electron chi connectivity index (χ1n) is 5.09. The molecule has 0 bridgehead atoms. The largest absolute Gasteiger partial charge is 0.481 e. The monoisotopic (exact) mass is 239 g/mol. The topological polar surface area (TPSA) is 104 Å². The van der Waals surface area contributed by atoms with E-state index in [1.54, 1.807) is 18.2 Å². The molecule has 0 aromatic carbocycles. The molecule has 6 heteroatoms. The predicted octanol–water partition coefficient (Wildman–Crippen LogP) is 0.163. The van der Waals surface area contributed by atoms with Crippen LogP contribution in [0, 0.1) is 5.92 Å². The summed E-state index contributed by atoms with van der Waals surface area (Å²) in [5, 5.41) is 19.8. The van der Waals surface area contributed by atoms with Gasteiger partial charge in [0.05, 0.1) is 18.4 Å². The number of hydrogen-bond acceptors (Lipinski definition) is 3. The Hall–Kier alpha value is -2.11. The number of hydrogen-bond donors (Lipinski definition) is 3. The van der Waals surface area contributed by atoms with Gasteiger partial charge in [0, 0.05) is 6.42 Å². The van der Waals surface area contributed by atoms with E-state index >= 15 is 0 Å². The minimum Gasteiger partial charge on any atom is -0.481 e. The van der Waals surface area contributed by atoms with Crippen LogP contribution >= 0.6 is 0 Å². The van der Waals surface area contributed by atoms with Crippen LogP contribution in [0.25, 0.3) is 0 Å². The van der Waals surface area contributed by atoms with Crippen molar-refractivity contribution in [2.45, 2.75) is 18.9 Å². The van der Waals surface area contributed by atoms with Crippen molar-refractivity contribution in [1.29, 1.82) is 0 Å². The molecule has 0 heterocycles. The molecule has 0 fully saturated rings. The van der Waals surface area contributed by atoms with Gasteiger partial charge in [0.15, 0.2) is 0 Å². The number of rotatable bonds is 5. The van der Waals surface area contributed by atoms with Gasteiger partial charge >= 0.3 is 11.9 Å². The molecular formula is C11H13NO5. The number of carbonyl (C=O) groups excluding carboxylic acids is 1. The summed E-state index contributed by atoms with van der Waals surface area (Å²) in [7, 11) is 0. The van der Waals surface area contributed by atoms with Gasteiger partial charge in [0.1, 0.15) is 0 Å². The maximum Gasteiger partial charge on any atom is 0.312 e. The Morgan fingerprint density at radius 1 is 1.06 bits per heavy atom. The highest BCUT2D eigenvalue weighted by Gasteiger charge is 2.26. The van der Waals surface area contributed by atoms with Crippen molar-refractivity contribution in [1.82, 2.24) is 5.32 Å². The van der Waals surface area contributed by atoms with E-state index in [9.17, 15) is 14.4 Å². The van der Waals surface area contributed by atoms with E-state index in [-0.39, 0.29) is 12.8 Å². The van der Waals surface area contributed by atoms with E-state index in [2.05, 4.69) is 5.32 Å². The maximum absolute atomic E-state index is 11.4. The molecular weight excluding hydrogens is 226 g/mol. The van der Waals surface area contributed by atoms with Crippen molar-refractivity contribution in [3.05, 3.63) is 24.3 Å². The first kappa shape index (κ1) is 13.0. The summed E-state index contributed by atoms with van der Waals surface area (Å²) in [4.78, 5) is 32.5. The molecule has 6 nitrogen and oxygen atoms in total. The summed E-state index contributed by atoms with van der Waals surface area (Å²) in [5.74, 6) is -3.37. The zero-order chi connectivity index (χ0) is 12.8. The van der Waals surface area contributed by atoms with Gasteiger partial charge < -0.3 is 15.5 Å². The molecule has 0 aromatic heterocycles. The fourth-order valence-electron chi connectivity index (χ4n) is 1.46. The standard InChI is InChI=1S/C11H13NO5/c13-9(5-6-10(14)15)12-8-4-2-1-3-7(8)11(16)17/h1-4,7-8H,5-6H2,(H,12,13)(H,14,15)(H,16,17). The van der Waals surface area contributed by atoms with Gasteiger partial charge in [-0.2, -0.15) is 0 Å². The van der Waals surface area contributed by atoms with Gasteiger partial charge in [0.2, 0.25) is 5.91 Å². The first-order chi connectivity index (χ1) is 8.00. The molecule has 2 atom stereocenters. The minimum absolute atomic E-state index is 0.157. The molecule has 1 aliphatic rings. The lowest BCUT2D eigenvalue weighted by Gasteiger charge is -2.21. The highest BCUT2D eigenvalue weighted by atomic mass is 16.4. The van der Waals surface area contributed by atoms with E-state index in [1.165, 1.54) is 6.08 Å².